The van der Waals surface area contributed by atoms with Crippen LogP contribution in [0.1, 0.15) is 19.8 Å². The predicted molar refractivity (Wildman–Crippen MR) is 57.5 cm³/mol. The van der Waals surface area contributed by atoms with Crippen molar-refractivity contribution < 1.29 is 26.7 Å². The molecule has 1 aromatic rings. The van der Waals surface area contributed by atoms with Crippen molar-refractivity contribution in [2.24, 2.45) is 5.73 Å². The zero-order valence-electron chi connectivity index (χ0n) is 9.87. The van der Waals surface area contributed by atoms with Crippen molar-refractivity contribution in [3.63, 3.8) is 0 Å². The molecule has 3 N–H and O–H groups in total. The van der Waals surface area contributed by atoms with Gasteiger partial charge in [-0.25, -0.2) is 13.2 Å². The SMILES string of the molecule is CCC(CC(=N)N)Oc1c(F)c(F)c(F)c(F)c1F. The Kier molecular flexibility index (Phi) is 4.68. The summed E-state index contributed by atoms with van der Waals surface area (Å²) >= 11 is 0. The molecule has 3 nitrogen and oxygen atoms in total. The van der Waals surface area contributed by atoms with Gasteiger partial charge in [-0.2, -0.15) is 8.78 Å². The summed E-state index contributed by atoms with van der Waals surface area (Å²) < 4.78 is 70.0. The first-order valence-electron chi connectivity index (χ1n) is 5.30. The van der Waals surface area contributed by atoms with Gasteiger partial charge in [0.1, 0.15) is 6.10 Å². The highest BCUT2D eigenvalue weighted by molar-refractivity contribution is 5.77. The minimum absolute atomic E-state index is 0.180. The van der Waals surface area contributed by atoms with E-state index in [9.17, 15) is 22.0 Å². The molecule has 106 valence electrons. The van der Waals surface area contributed by atoms with Crippen LogP contribution in [0.4, 0.5) is 22.0 Å². The van der Waals surface area contributed by atoms with Crippen molar-refractivity contribution in [1.82, 2.24) is 0 Å². The van der Waals surface area contributed by atoms with Gasteiger partial charge in [-0.3, -0.25) is 5.41 Å². The molecule has 0 fully saturated rings. The van der Waals surface area contributed by atoms with Crippen molar-refractivity contribution >= 4 is 5.84 Å². The molecule has 0 aromatic heterocycles. The number of nitrogens with one attached hydrogen (secondary N) is 1. The molecular weight excluding hydrogens is 271 g/mol. The molecule has 0 saturated carbocycles. The largest absolute Gasteiger partial charge is 0.484 e. The van der Waals surface area contributed by atoms with Crippen LogP contribution in [0.3, 0.4) is 0 Å². The summed E-state index contributed by atoms with van der Waals surface area (Å²) in [5.41, 5.74) is 5.09. The van der Waals surface area contributed by atoms with Crippen LogP contribution in [0.2, 0.25) is 0 Å². The summed E-state index contributed by atoms with van der Waals surface area (Å²) in [4.78, 5) is 0. The summed E-state index contributed by atoms with van der Waals surface area (Å²) in [5.74, 6) is -12.2. The van der Waals surface area contributed by atoms with Gasteiger partial charge in [0.2, 0.25) is 29.1 Å². The van der Waals surface area contributed by atoms with Crippen LogP contribution in [0.5, 0.6) is 5.75 Å². The molecule has 0 aliphatic carbocycles. The molecule has 0 amide bonds. The van der Waals surface area contributed by atoms with E-state index in [1.807, 2.05) is 0 Å². The lowest BCUT2D eigenvalue weighted by Crippen LogP contribution is -2.25. The number of rotatable bonds is 5. The van der Waals surface area contributed by atoms with Crippen LogP contribution in [-0.2, 0) is 0 Å². The lowest BCUT2D eigenvalue weighted by molar-refractivity contribution is 0.178. The second-order valence-electron chi connectivity index (χ2n) is 3.78. The average Bonchev–Trinajstić information content (AvgIpc) is 2.37. The standard InChI is InChI=1S/C11H11F5N2O/c1-2-4(3-5(17)18)19-11-9(15)7(13)6(12)8(14)10(11)16/h4H,2-3H2,1H3,(H3,17,18). The highest BCUT2D eigenvalue weighted by Gasteiger charge is 2.28. The molecule has 19 heavy (non-hydrogen) atoms. The topological polar surface area (TPSA) is 59.1 Å². The molecule has 1 rings (SSSR count). The Morgan fingerprint density at radius 3 is 1.84 bits per heavy atom. The van der Waals surface area contributed by atoms with E-state index in [1.54, 1.807) is 6.92 Å². The molecule has 0 heterocycles. The normalized spacial score (nSPS) is 12.3. The molecule has 0 spiro atoms. The van der Waals surface area contributed by atoms with Crippen LogP contribution in [0.15, 0.2) is 0 Å². The number of amidine groups is 1. The van der Waals surface area contributed by atoms with Gasteiger partial charge in [-0.15, -0.1) is 0 Å². The Morgan fingerprint density at radius 1 is 1.05 bits per heavy atom. The Morgan fingerprint density at radius 2 is 1.47 bits per heavy atom. The zero-order valence-corrected chi connectivity index (χ0v) is 9.87. The maximum atomic E-state index is 13.3. The minimum Gasteiger partial charge on any atom is -0.484 e. The quantitative estimate of drug-likeness (QED) is 0.287. The summed E-state index contributed by atoms with van der Waals surface area (Å²) in [5, 5.41) is 7.02. The van der Waals surface area contributed by atoms with E-state index in [2.05, 4.69) is 0 Å². The Hall–Kier alpha value is -1.86. The van der Waals surface area contributed by atoms with Crippen LogP contribution >= 0.6 is 0 Å². The zero-order chi connectivity index (χ0) is 14.7. The van der Waals surface area contributed by atoms with Gasteiger partial charge in [0.05, 0.1) is 5.84 Å². The van der Waals surface area contributed by atoms with Crippen molar-refractivity contribution in [1.29, 1.82) is 5.41 Å². The van der Waals surface area contributed by atoms with Gasteiger partial charge in [0.25, 0.3) is 0 Å². The minimum atomic E-state index is -2.25. The summed E-state index contributed by atoms with van der Waals surface area (Å²) in [6, 6.07) is 0. The number of hydrogen-bond donors (Lipinski definition) is 2. The van der Waals surface area contributed by atoms with Gasteiger partial charge < -0.3 is 10.5 Å². The first-order chi connectivity index (χ1) is 8.79. The average molecular weight is 282 g/mol. The predicted octanol–water partition coefficient (Wildman–Crippen LogP) is 2.87. The second-order valence-corrected chi connectivity index (χ2v) is 3.78. The molecule has 0 radical (unpaired) electrons. The van der Waals surface area contributed by atoms with Gasteiger partial charge in [-0.1, -0.05) is 6.92 Å². The smallest absolute Gasteiger partial charge is 0.207 e. The third-order valence-electron chi connectivity index (χ3n) is 2.36. The molecule has 1 aromatic carbocycles. The third-order valence-corrected chi connectivity index (χ3v) is 2.36. The molecule has 0 saturated heterocycles. The van der Waals surface area contributed by atoms with Crippen molar-refractivity contribution in [2.75, 3.05) is 0 Å². The molecule has 1 unspecified atom stereocenters. The van der Waals surface area contributed by atoms with Gasteiger partial charge in [0.15, 0.2) is 5.75 Å². The van der Waals surface area contributed by atoms with Crippen LogP contribution in [-0.4, -0.2) is 11.9 Å². The first-order valence-corrected chi connectivity index (χ1v) is 5.30. The van der Waals surface area contributed by atoms with Crippen molar-refractivity contribution in [2.45, 2.75) is 25.9 Å². The van der Waals surface area contributed by atoms with Gasteiger partial charge >= 0.3 is 0 Å². The lowest BCUT2D eigenvalue weighted by Gasteiger charge is -2.18. The fourth-order valence-electron chi connectivity index (χ4n) is 1.37. The van der Waals surface area contributed by atoms with Crippen LogP contribution in [0.25, 0.3) is 0 Å². The number of nitrogens with two attached hydrogens (primary N) is 1. The monoisotopic (exact) mass is 282 g/mol. The fraction of sp³-hybridized carbons (Fsp3) is 0.364. The van der Waals surface area contributed by atoms with E-state index in [0.717, 1.165) is 0 Å². The summed E-state index contributed by atoms with van der Waals surface area (Å²) in [7, 11) is 0. The van der Waals surface area contributed by atoms with Crippen LogP contribution in [0, 0.1) is 34.5 Å². The highest BCUT2D eigenvalue weighted by atomic mass is 19.2. The molecule has 1 atom stereocenters. The third kappa shape index (κ3) is 3.12. The summed E-state index contributed by atoms with van der Waals surface area (Å²) in [6.45, 7) is 1.56. The number of benzene rings is 1. The summed E-state index contributed by atoms with van der Waals surface area (Å²) in [6.07, 6.45) is -0.958. The Labute approximate surface area is 105 Å². The van der Waals surface area contributed by atoms with Crippen LogP contribution < -0.4 is 10.5 Å². The highest BCUT2D eigenvalue weighted by Crippen LogP contribution is 2.30. The molecule has 0 aliphatic heterocycles. The van der Waals surface area contributed by atoms with Gasteiger partial charge in [0, 0.05) is 6.42 Å². The lowest BCUT2D eigenvalue weighted by atomic mass is 10.2. The first kappa shape index (κ1) is 15.2. The number of ether oxygens (including phenoxy) is 1. The van der Waals surface area contributed by atoms with E-state index in [1.165, 1.54) is 0 Å². The molecule has 0 aliphatic rings. The van der Waals surface area contributed by atoms with E-state index in [0.29, 0.717) is 0 Å². The van der Waals surface area contributed by atoms with Crippen molar-refractivity contribution in [3.05, 3.63) is 29.1 Å². The maximum Gasteiger partial charge on any atom is 0.207 e. The van der Waals surface area contributed by atoms with E-state index in [-0.39, 0.29) is 18.7 Å². The Bertz CT molecular complexity index is 477. The number of halogens is 5. The molecular formula is C11H11F5N2O. The van der Waals surface area contributed by atoms with Crippen molar-refractivity contribution in [3.8, 4) is 5.75 Å². The van der Waals surface area contributed by atoms with E-state index >= 15 is 0 Å². The van der Waals surface area contributed by atoms with E-state index < -0.39 is 40.9 Å². The molecule has 8 heteroatoms. The number of hydrogen-bond acceptors (Lipinski definition) is 2. The maximum absolute atomic E-state index is 13.3. The fourth-order valence-corrected chi connectivity index (χ4v) is 1.37. The molecule has 0 bridgehead atoms. The second kappa shape index (κ2) is 5.85. The van der Waals surface area contributed by atoms with E-state index in [4.69, 9.17) is 15.9 Å². The Balaban J connectivity index is 3.17. The van der Waals surface area contributed by atoms with Gasteiger partial charge in [-0.05, 0) is 6.42 Å².